The molecule has 0 bridgehead atoms. The maximum atomic E-state index is 13.5. The Hall–Kier alpha value is -6.32. The number of carboxylic acid groups (broad SMARTS) is 2. The lowest BCUT2D eigenvalue weighted by atomic mass is 10.0. The van der Waals surface area contributed by atoms with E-state index in [9.17, 15) is 53.4 Å². The lowest BCUT2D eigenvalue weighted by molar-refractivity contribution is -0.147. The summed E-state index contributed by atoms with van der Waals surface area (Å²) in [5.41, 5.74) is 16.7. The molecule has 0 aromatic heterocycles. The zero-order valence-corrected chi connectivity index (χ0v) is 31.1. The van der Waals surface area contributed by atoms with Crippen molar-refractivity contribution in [2.24, 2.45) is 22.2 Å². The molecule has 1 fully saturated rings. The number of aliphatic carboxylic acids is 2. The Kier molecular flexibility index (Phi) is 18.7. The number of carbonyl (C=O) groups excluding carboxylic acids is 7. The monoisotopic (exact) mass is 789 g/mol. The molecule has 1 saturated heterocycles. The van der Waals surface area contributed by atoms with E-state index in [2.05, 4.69) is 36.9 Å². The normalized spacial score (nSPS) is 16.1. The lowest BCUT2D eigenvalue weighted by Gasteiger charge is -2.29. The number of aliphatic imine (C=N–C) groups is 1. The maximum absolute atomic E-state index is 13.5. The Labute approximate surface area is 322 Å². The van der Waals surface area contributed by atoms with Gasteiger partial charge in [-0.15, -0.1) is 0 Å². The number of carboxylic acids is 2. The molecule has 7 amide bonds. The molecule has 0 aliphatic carbocycles. The van der Waals surface area contributed by atoms with E-state index in [1.54, 1.807) is 30.3 Å². The van der Waals surface area contributed by atoms with Crippen molar-refractivity contribution >= 4 is 59.2 Å². The van der Waals surface area contributed by atoms with Crippen molar-refractivity contribution in [2.75, 3.05) is 26.2 Å². The SMILES string of the molecule is C[C@H](N)C(=O)NCC(=O)N[C@@H](Cc1ccccc1)C(=O)N[C@@H](C)C(=O)NCC(=O)N[C@@H](CC(=O)O)C(=O)N1CCC[C@H]1C(=O)N[C@@H](CCCN=C(N)N)C(=O)O. The fraction of sp³-hybridized carbons (Fsp3) is 0.529. The second-order valence-electron chi connectivity index (χ2n) is 13.0. The van der Waals surface area contributed by atoms with Gasteiger partial charge in [0, 0.05) is 19.5 Å². The van der Waals surface area contributed by atoms with Crippen LogP contribution in [-0.2, 0) is 49.6 Å². The van der Waals surface area contributed by atoms with E-state index >= 15 is 0 Å². The van der Waals surface area contributed by atoms with Gasteiger partial charge in [0.25, 0.3) is 0 Å². The first kappa shape index (κ1) is 45.8. The molecule has 14 N–H and O–H groups in total. The molecule has 1 aliphatic heterocycles. The number of hydrogen-bond acceptors (Lipinski definition) is 11. The predicted molar refractivity (Wildman–Crippen MR) is 198 cm³/mol. The smallest absolute Gasteiger partial charge is 0.326 e. The minimum absolute atomic E-state index is 0.0202. The number of likely N-dealkylation sites (tertiary alicyclic amines) is 1. The highest BCUT2D eigenvalue weighted by Gasteiger charge is 2.39. The zero-order valence-electron chi connectivity index (χ0n) is 31.1. The molecule has 0 spiro atoms. The Morgan fingerprint density at radius 2 is 1.43 bits per heavy atom. The van der Waals surface area contributed by atoms with Crippen molar-refractivity contribution in [3.8, 4) is 0 Å². The van der Waals surface area contributed by atoms with Gasteiger partial charge in [0.05, 0.1) is 25.6 Å². The third-order valence-corrected chi connectivity index (χ3v) is 8.36. The molecule has 0 unspecified atom stereocenters. The number of rotatable bonds is 22. The number of carbonyl (C=O) groups is 9. The van der Waals surface area contributed by atoms with Gasteiger partial charge in [-0.2, -0.15) is 0 Å². The summed E-state index contributed by atoms with van der Waals surface area (Å²) < 4.78 is 0. The molecule has 308 valence electrons. The molecule has 2 rings (SSSR count). The van der Waals surface area contributed by atoms with Crippen molar-refractivity contribution in [3.05, 3.63) is 35.9 Å². The first-order chi connectivity index (χ1) is 26.4. The standard InChI is InChI=1S/C34H51N11O11/c1-18(35)28(50)39-16-25(46)42-22(14-20-8-4-3-5-9-20)30(52)41-19(2)29(51)40-17-26(47)43-23(15-27(48)49)32(54)45-13-7-11-24(45)31(53)44-21(33(55)56)10-6-12-38-34(36)37/h3-5,8-9,18-19,21-24H,6-7,10-17,35H2,1-2H3,(H,39,50)(H,40,51)(H,41,52)(H,42,46)(H,43,47)(H,44,53)(H,48,49)(H,55,56)(H4,36,37,38)/t18-,19-,21-,22-,23-,24-/m0/s1. The summed E-state index contributed by atoms with van der Waals surface area (Å²) in [4.78, 5) is 118. The third-order valence-electron chi connectivity index (χ3n) is 8.36. The Morgan fingerprint density at radius 1 is 0.821 bits per heavy atom. The van der Waals surface area contributed by atoms with Crippen LogP contribution in [0.2, 0.25) is 0 Å². The summed E-state index contributed by atoms with van der Waals surface area (Å²) in [5, 5.41) is 33.3. The fourth-order valence-electron chi connectivity index (χ4n) is 5.48. The number of nitrogens with zero attached hydrogens (tertiary/aromatic N) is 2. The molecule has 6 atom stereocenters. The summed E-state index contributed by atoms with van der Waals surface area (Å²) in [7, 11) is 0. The van der Waals surface area contributed by atoms with Crippen molar-refractivity contribution in [3.63, 3.8) is 0 Å². The van der Waals surface area contributed by atoms with E-state index in [-0.39, 0.29) is 44.7 Å². The highest BCUT2D eigenvalue weighted by Crippen LogP contribution is 2.20. The van der Waals surface area contributed by atoms with Gasteiger partial charge in [0.1, 0.15) is 30.2 Å². The second kappa shape index (κ2) is 22.8. The van der Waals surface area contributed by atoms with Gasteiger partial charge in [-0.3, -0.25) is 43.3 Å². The summed E-state index contributed by atoms with van der Waals surface area (Å²) in [5.74, 6) is -8.51. The number of amides is 7. The number of nitrogens with one attached hydrogen (secondary N) is 6. The summed E-state index contributed by atoms with van der Waals surface area (Å²) >= 11 is 0. The van der Waals surface area contributed by atoms with Crippen LogP contribution in [0.25, 0.3) is 0 Å². The Balaban J connectivity index is 2.02. The molecule has 0 saturated carbocycles. The largest absolute Gasteiger partial charge is 0.481 e. The van der Waals surface area contributed by atoms with E-state index in [4.69, 9.17) is 17.2 Å². The molecule has 0 radical (unpaired) electrons. The first-order valence-electron chi connectivity index (χ1n) is 17.7. The van der Waals surface area contributed by atoms with E-state index < -0.39 is 109 Å². The zero-order chi connectivity index (χ0) is 41.9. The van der Waals surface area contributed by atoms with E-state index in [0.717, 1.165) is 4.90 Å². The molecule has 1 heterocycles. The lowest BCUT2D eigenvalue weighted by Crippen LogP contribution is -2.57. The van der Waals surface area contributed by atoms with E-state index in [1.165, 1.54) is 13.8 Å². The van der Waals surface area contributed by atoms with Gasteiger partial charge in [-0.25, -0.2) is 4.79 Å². The number of benzene rings is 1. The summed E-state index contributed by atoms with van der Waals surface area (Å²) in [6.45, 7) is 1.67. The highest BCUT2D eigenvalue weighted by molar-refractivity contribution is 5.97. The van der Waals surface area contributed by atoms with Crippen molar-refractivity contribution < 1.29 is 53.4 Å². The van der Waals surface area contributed by atoms with Crippen molar-refractivity contribution in [1.82, 2.24) is 36.8 Å². The molecular weight excluding hydrogens is 738 g/mol. The van der Waals surface area contributed by atoms with Gasteiger partial charge >= 0.3 is 11.9 Å². The molecule has 56 heavy (non-hydrogen) atoms. The number of hydrogen-bond donors (Lipinski definition) is 11. The van der Waals surface area contributed by atoms with Gasteiger partial charge in [-0.05, 0) is 45.1 Å². The Bertz CT molecular complexity index is 1620. The van der Waals surface area contributed by atoms with Crippen LogP contribution >= 0.6 is 0 Å². The fourth-order valence-corrected chi connectivity index (χ4v) is 5.48. The average molecular weight is 790 g/mol. The van der Waals surface area contributed by atoms with Crippen LogP contribution in [-0.4, -0.2) is 137 Å². The molecule has 22 nitrogen and oxygen atoms in total. The van der Waals surface area contributed by atoms with Crippen LogP contribution in [0.4, 0.5) is 0 Å². The van der Waals surface area contributed by atoms with Gasteiger partial charge in [0.15, 0.2) is 5.96 Å². The van der Waals surface area contributed by atoms with Crippen molar-refractivity contribution in [2.45, 2.75) is 88.6 Å². The minimum atomic E-state index is -1.66. The number of guanidine groups is 1. The third kappa shape index (κ3) is 16.0. The molecule has 1 aromatic rings. The topological polar surface area (TPSA) is 360 Å². The minimum Gasteiger partial charge on any atom is -0.481 e. The van der Waals surface area contributed by atoms with E-state index in [0.29, 0.717) is 12.0 Å². The van der Waals surface area contributed by atoms with Crippen LogP contribution in [0.15, 0.2) is 35.3 Å². The quantitative estimate of drug-likeness (QED) is 0.0299. The number of nitrogens with two attached hydrogens (primary N) is 3. The first-order valence-corrected chi connectivity index (χ1v) is 17.7. The maximum Gasteiger partial charge on any atom is 0.326 e. The molecular formula is C34H51N11O11. The summed E-state index contributed by atoms with van der Waals surface area (Å²) in [6, 6.07) is 1.22. The molecule has 22 heteroatoms. The summed E-state index contributed by atoms with van der Waals surface area (Å²) in [6.07, 6.45) is -0.172. The van der Waals surface area contributed by atoms with Crippen LogP contribution in [0.3, 0.4) is 0 Å². The second-order valence-corrected chi connectivity index (χ2v) is 13.0. The van der Waals surface area contributed by atoms with Gasteiger partial charge in [0.2, 0.25) is 41.4 Å². The predicted octanol–water partition coefficient (Wildman–Crippen LogP) is -4.63. The average Bonchev–Trinajstić information content (AvgIpc) is 3.63. The van der Waals surface area contributed by atoms with Crippen LogP contribution in [0, 0.1) is 0 Å². The highest BCUT2D eigenvalue weighted by atomic mass is 16.4. The van der Waals surface area contributed by atoms with Crippen LogP contribution < -0.4 is 49.1 Å². The molecule has 1 aromatic carbocycles. The Morgan fingerprint density at radius 3 is 2.00 bits per heavy atom. The van der Waals surface area contributed by atoms with Crippen LogP contribution in [0.1, 0.15) is 51.5 Å². The van der Waals surface area contributed by atoms with Gasteiger partial charge in [-0.1, -0.05) is 30.3 Å². The molecule has 1 aliphatic rings. The van der Waals surface area contributed by atoms with Crippen molar-refractivity contribution in [1.29, 1.82) is 0 Å². The van der Waals surface area contributed by atoms with E-state index in [1.807, 2.05) is 0 Å². The van der Waals surface area contributed by atoms with Gasteiger partial charge < -0.3 is 64.2 Å². The van der Waals surface area contributed by atoms with Crippen LogP contribution in [0.5, 0.6) is 0 Å².